The maximum atomic E-state index is 12.5. The fourth-order valence-electron chi connectivity index (χ4n) is 2.48. The molecule has 2 rings (SSSR count). The number of methoxy groups -OCH3 is 1. The third-order valence-electron chi connectivity index (χ3n) is 4.00. The molecule has 29 heavy (non-hydrogen) atoms. The highest BCUT2D eigenvalue weighted by atomic mass is 16.5. The Morgan fingerprint density at radius 2 is 2.00 bits per heavy atom. The molecule has 0 saturated carbocycles. The first-order chi connectivity index (χ1) is 13.9. The Morgan fingerprint density at radius 1 is 1.21 bits per heavy atom. The van der Waals surface area contributed by atoms with Crippen molar-refractivity contribution in [2.75, 3.05) is 39.6 Å². The molecular weight excluding hydrogens is 372 g/mol. The lowest BCUT2D eigenvalue weighted by atomic mass is 10.1. The molecule has 2 amide bonds. The zero-order valence-electron chi connectivity index (χ0n) is 16.8. The number of carbonyl (C=O) groups excluding carboxylic acids is 2. The van der Waals surface area contributed by atoms with E-state index in [1.807, 2.05) is 14.1 Å². The van der Waals surface area contributed by atoms with Gasteiger partial charge >= 0.3 is 0 Å². The maximum Gasteiger partial charge on any atom is 0.258 e. The quantitative estimate of drug-likeness (QED) is 0.427. The highest BCUT2D eigenvalue weighted by molar-refractivity contribution is 6.25. The molecule has 0 unspecified atom stereocenters. The summed E-state index contributed by atoms with van der Waals surface area (Å²) in [6, 6.07) is 6.42. The van der Waals surface area contributed by atoms with Gasteiger partial charge in [0.1, 0.15) is 5.82 Å². The molecule has 0 fully saturated rings. The number of amides is 2. The van der Waals surface area contributed by atoms with Crippen molar-refractivity contribution in [3.05, 3.63) is 54.0 Å². The van der Waals surface area contributed by atoms with Crippen LogP contribution >= 0.6 is 0 Å². The molecule has 154 valence electrons. The summed E-state index contributed by atoms with van der Waals surface area (Å²) >= 11 is 0. The molecule has 2 aromatic heterocycles. The van der Waals surface area contributed by atoms with E-state index in [0.717, 1.165) is 13.0 Å². The van der Waals surface area contributed by atoms with Crippen molar-refractivity contribution in [3.63, 3.8) is 0 Å². The Kier molecular flexibility index (Phi) is 8.11. The monoisotopic (exact) mass is 398 g/mol. The molecule has 2 heterocycles. The van der Waals surface area contributed by atoms with Crippen molar-refractivity contribution in [3.8, 4) is 5.88 Å². The molecule has 0 aliphatic heterocycles. The minimum Gasteiger partial charge on any atom is -0.481 e. The van der Waals surface area contributed by atoms with Gasteiger partial charge in [-0.3, -0.25) is 9.59 Å². The normalized spacial score (nSPS) is 11.2. The van der Waals surface area contributed by atoms with Crippen molar-refractivity contribution >= 4 is 23.2 Å². The second-order valence-corrected chi connectivity index (χ2v) is 6.47. The average molecular weight is 398 g/mol. The van der Waals surface area contributed by atoms with E-state index < -0.39 is 5.91 Å². The standard InChI is InChI=1S/C20H26N6O3/c1-26(2)10-4-8-23-19(27)15-5-6-17(24-13-15)25-20(28)16(12-21)14-7-9-22-18(11-14)29-3/h5-7,9,11-13H,4,8,10,21H2,1-3H3,(H,23,27)(H,24,25,28). The summed E-state index contributed by atoms with van der Waals surface area (Å²) < 4.78 is 5.07. The van der Waals surface area contributed by atoms with E-state index in [4.69, 9.17) is 10.5 Å². The minimum atomic E-state index is -0.436. The van der Waals surface area contributed by atoms with Gasteiger partial charge in [-0.15, -0.1) is 0 Å². The first-order valence-electron chi connectivity index (χ1n) is 9.07. The number of hydrogen-bond acceptors (Lipinski definition) is 7. The van der Waals surface area contributed by atoms with Gasteiger partial charge < -0.3 is 26.0 Å². The highest BCUT2D eigenvalue weighted by Crippen LogP contribution is 2.19. The van der Waals surface area contributed by atoms with Crippen LogP contribution in [0.25, 0.3) is 5.57 Å². The molecule has 0 atom stereocenters. The number of rotatable bonds is 9. The Balaban J connectivity index is 1.97. The van der Waals surface area contributed by atoms with Crippen LogP contribution in [0.4, 0.5) is 5.82 Å². The van der Waals surface area contributed by atoms with Crippen LogP contribution in [0, 0.1) is 0 Å². The number of carbonyl (C=O) groups is 2. The number of nitrogens with two attached hydrogens (primary N) is 1. The second kappa shape index (κ2) is 10.8. The van der Waals surface area contributed by atoms with Crippen LogP contribution in [-0.4, -0.2) is 61.0 Å². The first-order valence-corrected chi connectivity index (χ1v) is 9.07. The third kappa shape index (κ3) is 6.58. The zero-order chi connectivity index (χ0) is 21.2. The van der Waals surface area contributed by atoms with Gasteiger partial charge in [0.05, 0.1) is 18.2 Å². The SMILES string of the molecule is COc1cc(C(=CN)C(=O)Nc2ccc(C(=O)NCCCN(C)C)cn2)ccn1. The molecule has 0 bridgehead atoms. The number of hydrogen-bond donors (Lipinski definition) is 3. The average Bonchev–Trinajstić information content (AvgIpc) is 2.72. The van der Waals surface area contributed by atoms with Crippen LogP contribution in [0.1, 0.15) is 22.3 Å². The van der Waals surface area contributed by atoms with E-state index in [1.54, 1.807) is 24.3 Å². The van der Waals surface area contributed by atoms with Gasteiger partial charge in [0, 0.05) is 31.2 Å². The van der Waals surface area contributed by atoms with Crippen molar-refractivity contribution in [2.24, 2.45) is 5.73 Å². The van der Waals surface area contributed by atoms with E-state index in [2.05, 4.69) is 25.5 Å². The van der Waals surface area contributed by atoms with E-state index in [-0.39, 0.29) is 11.5 Å². The van der Waals surface area contributed by atoms with Crippen LogP contribution in [-0.2, 0) is 4.79 Å². The van der Waals surface area contributed by atoms with Gasteiger partial charge in [0.25, 0.3) is 11.8 Å². The third-order valence-corrected chi connectivity index (χ3v) is 4.00. The predicted octanol–water partition coefficient (Wildman–Crippen LogP) is 1.11. The summed E-state index contributed by atoms with van der Waals surface area (Å²) in [4.78, 5) is 34.9. The number of nitrogens with zero attached hydrogens (tertiary/aromatic N) is 3. The van der Waals surface area contributed by atoms with E-state index in [0.29, 0.717) is 29.4 Å². The van der Waals surface area contributed by atoms with Crippen LogP contribution < -0.4 is 21.1 Å². The molecule has 0 radical (unpaired) electrons. The Labute approximate surface area is 170 Å². The van der Waals surface area contributed by atoms with Gasteiger partial charge in [-0.25, -0.2) is 9.97 Å². The summed E-state index contributed by atoms with van der Waals surface area (Å²) in [6.45, 7) is 1.47. The van der Waals surface area contributed by atoms with E-state index in [1.165, 1.54) is 25.7 Å². The lowest BCUT2D eigenvalue weighted by Crippen LogP contribution is -2.27. The van der Waals surface area contributed by atoms with Gasteiger partial charge in [-0.05, 0) is 50.8 Å². The fourth-order valence-corrected chi connectivity index (χ4v) is 2.48. The smallest absolute Gasteiger partial charge is 0.258 e. The molecule has 0 spiro atoms. The molecule has 0 aliphatic carbocycles. The summed E-state index contributed by atoms with van der Waals surface area (Å²) in [6.07, 6.45) is 5.00. The molecule has 4 N–H and O–H groups in total. The second-order valence-electron chi connectivity index (χ2n) is 6.47. The molecular formula is C20H26N6O3. The van der Waals surface area contributed by atoms with Gasteiger partial charge in [-0.2, -0.15) is 0 Å². The Bertz CT molecular complexity index is 865. The molecule has 2 aromatic rings. The molecule has 9 nitrogen and oxygen atoms in total. The Hall–Kier alpha value is -3.46. The van der Waals surface area contributed by atoms with Crippen LogP contribution in [0.5, 0.6) is 5.88 Å². The van der Waals surface area contributed by atoms with Gasteiger partial charge in [-0.1, -0.05) is 0 Å². The first kappa shape index (κ1) is 21.8. The highest BCUT2D eigenvalue weighted by Gasteiger charge is 2.14. The van der Waals surface area contributed by atoms with Crippen molar-refractivity contribution in [1.82, 2.24) is 20.2 Å². The number of pyridine rings is 2. The van der Waals surface area contributed by atoms with Crippen molar-refractivity contribution in [2.45, 2.75) is 6.42 Å². The minimum absolute atomic E-state index is 0.208. The van der Waals surface area contributed by atoms with Gasteiger partial charge in [0.2, 0.25) is 5.88 Å². The largest absolute Gasteiger partial charge is 0.481 e. The molecule has 0 aromatic carbocycles. The summed E-state index contributed by atoms with van der Waals surface area (Å²) in [5.41, 5.74) is 6.86. The fraction of sp³-hybridized carbons (Fsp3) is 0.300. The van der Waals surface area contributed by atoms with Crippen LogP contribution in [0.2, 0.25) is 0 Å². The number of ether oxygens (including phenoxy) is 1. The maximum absolute atomic E-state index is 12.5. The Morgan fingerprint density at radius 3 is 2.62 bits per heavy atom. The van der Waals surface area contributed by atoms with Crippen molar-refractivity contribution < 1.29 is 14.3 Å². The molecule has 0 aliphatic rings. The van der Waals surface area contributed by atoms with Crippen LogP contribution in [0.3, 0.4) is 0 Å². The molecule has 9 heteroatoms. The van der Waals surface area contributed by atoms with E-state index in [9.17, 15) is 9.59 Å². The van der Waals surface area contributed by atoms with Crippen molar-refractivity contribution in [1.29, 1.82) is 0 Å². The number of anilines is 1. The predicted molar refractivity (Wildman–Crippen MR) is 111 cm³/mol. The molecule has 0 saturated heterocycles. The zero-order valence-corrected chi connectivity index (χ0v) is 16.8. The summed E-state index contributed by atoms with van der Waals surface area (Å²) in [5, 5.41) is 5.50. The van der Waals surface area contributed by atoms with Crippen LogP contribution in [0.15, 0.2) is 42.9 Å². The lowest BCUT2D eigenvalue weighted by Gasteiger charge is -2.11. The summed E-state index contributed by atoms with van der Waals surface area (Å²) in [7, 11) is 5.45. The number of aromatic nitrogens is 2. The topological polar surface area (TPSA) is 122 Å². The van der Waals surface area contributed by atoms with Gasteiger partial charge in [0.15, 0.2) is 0 Å². The number of nitrogens with one attached hydrogen (secondary N) is 2. The summed E-state index contributed by atoms with van der Waals surface area (Å²) in [5.74, 6) is 0.0305. The van der Waals surface area contributed by atoms with E-state index >= 15 is 0 Å². The lowest BCUT2D eigenvalue weighted by molar-refractivity contribution is -0.111.